The van der Waals surface area contributed by atoms with E-state index in [-0.39, 0.29) is 5.91 Å². The number of rotatable bonds is 19. The van der Waals surface area contributed by atoms with Crippen molar-refractivity contribution in [3.63, 3.8) is 0 Å². The van der Waals surface area contributed by atoms with Crippen molar-refractivity contribution in [1.82, 2.24) is 5.43 Å². The zero-order chi connectivity index (χ0) is 21.7. The van der Waals surface area contributed by atoms with E-state index in [1.165, 1.54) is 83.5 Å². The summed E-state index contributed by atoms with van der Waals surface area (Å²) in [5.41, 5.74) is 3.94. The minimum Gasteiger partial charge on any atom is -0.289 e. The summed E-state index contributed by atoms with van der Waals surface area (Å²) in [6.07, 6.45) is 24.9. The van der Waals surface area contributed by atoms with Gasteiger partial charge in [-0.15, -0.1) is 0 Å². The Labute approximate surface area is 186 Å². The van der Waals surface area contributed by atoms with E-state index in [0.717, 1.165) is 18.5 Å². The van der Waals surface area contributed by atoms with Crippen LogP contribution < -0.4 is 10.4 Å². The third-order valence-electron chi connectivity index (χ3n) is 5.60. The molecule has 0 saturated carbocycles. The molecule has 0 bridgehead atoms. The van der Waals surface area contributed by atoms with Gasteiger partial charge in [0.25, 0.3) is 0 Å². The normalized spacial score (nSPS) is 11.1. The number of nitrogens with zero attached hydrogens (tertiary/aromatic N) is 1. The highest BCUT2D eigenvalue weighted by Crippen LogP contribution is 2.12. The molecule has 0 spiro atoms. The maximum atomic E-state index is 12.0. The summed E-state index contributed by atoms with van der Waals surface area (Å²) in [6.45, 7) is 2.27. The number of unbranched alkanes of at least 4 members (excludes halogenated alkanes) is 13. The average Bonchev–Trinajstić information content (AvgIpc) is 2.76. The molecule has 3 nitrogen and oxygen atoms in total. The van der Waals surface area contributed by atoms with Gasteiger partial charge in [-0.2, -0.15) is 0 Å². The fraction of sp³-hybridized carbons (Fsp3) is 0.667. The van der Waals surface area contributed by atoms with Gasteiger partial charge in [-0.25, -0.2) is 0 Å². The number of carbonyl (C=O) groups excluding carboxylic acids is 1. The lowest BCUT2D eigenvalue weighted by Crippen LogP contribution is -2.39. The molecule has 0 atom stereocenters. The van der Waals surface area contributed by atoms with Crippen molar-refractivity contribution in [3.05, 3.63) is 42.5 Å². The molecule has 0 aliphatic heterocycles. The quantitative estimate of drug-likeness (QED) is 0.141. The summed E-state index contributed by atoms with van der Waals surface area (Å²) in [5.74, 6) is 0.106. The molecule has 0 fully saturated rings. The average molecular weight is 415 g/mol. The van der Waals surface area contributed by atoms with Crippen LogP contribution in [0.3, 0.4) is 0 Å². The molecular weight excluding hydrogens is 368 g/mol. The third-order valence-corrected chi connectivity index (χ3v) is 5.60. The number of hydrazine groups is 1. The lowest BCUT2D eigenvalue weighted by Gasteiger charge is -2.20. The first-order valence-corrected chi connectivity index (χ1v) is 12.5. The number of hydrogen-bond donors (Lipinski definition) is 1. The summed E-state index contributed by atoms with van der Waals surface area (Å²) >= 11 is 0. The van der Waals surface area contributed by atoms with Crippen molar-refractivity contribution in [2.75, 3.05) is 12.1 Å². The zero-order valence-corrected chi connectivity index (χ0v) is 19.7. The molecule has 30 heavy (non-hydrogen) atoms. The van der Waals surface area contributed by atoms with Crippen LogP contribution >= 0.6 is 0 Å². The van der Waals surface area contributed by atoms with Gasteiger partial charge in [0.2, 0.25) is 5.91 Å². The number of amides is 1. The molecule has 0 aliphatic carbocycles. The van der Waals surface area contributed by atoms with Gasteiger partial charge in [0.15, 0.2) is 0 Å². The van der Waals surface area contributed by atoms with E-state index in [0.29, 0.717) is 6.42 Å². The van der Waals surface area contributed by atoms with Crippen molar-refractivity contribution in [1.29, 1.82) is 0 Å². The fourth-order valence-electron chi connectivity index (χ4n) is 3.67. The van der Waals surface area contributed by atoms with Crippen molar-refractivity contribution in [2.45, 2.75) is 110 Å². The minimum atomic E-state index is 0.106. The molecule has 1 N–H and O–H groups in total. The van der Waals surface area contributed by atoms with Crippen molar-refractivity contribution in [2.24, 2.45) is 0 Å². The van der Waals surface area contributed by atoms with Crippen LogP contribution in [-0.2, 0) is 4.79 Å². The van der Waals surface area contributed by atoms with E-state index in [1.54, 1.807) is 5.01 Å². The number of nitrogens with one attached hydrogen (secondary N) is 1. The Morgan fingerprint density at radius 1 is 0.767 bits per heavy atom. The Morgan fingerprint density at radius 3 is 1.83 bits per heavy atom. The molecule has 0 radical (unpaired) electrons. The van der Waals surface area contributed by atoms with Gasteiger partial charge in [0.1, 0.15) is 0 Å². The van der Waals surface area contributed by atoms with Crippen LogP contribution in [0, 0.1) is 0 Å². The van der Waals surface area contributed by atoms with Gasteiger partial charge in [-0.05, 0) is 44.2 Å². The lowest BCUT2D eigenvalue weighted by atomic mass is 10.1. The highest BCUT2D eigenvalue weighted by molar-refractivity contribution is 5.77. The van der Waals surface area contributed by atoms with Gasteiger partial charge in [0.05, 0.1) is 5.69 Å². The summed E-state index contributed by atoms with van der Waals surface area (Å²) in [5, 5.41) is 1.80. The second-order valence-corrected chi connectivity index (χ2v) is 8.47. The maximum absolute atomic E-state index is 12.0. The van der Waals surface area contributed by atoms with Gasteiger partial charge >= 0.3 is 0 Å². The second kappa shape index (κ2) is 19.2. The zero-order valence-electron chi connectivity index (χ0n) is 19.7. The predicted molar refractivity (Wildman–Crippen MR) is 132 cm³/mol. The summed E-state index contributed by atoms with van der Waals surface area (Å²) in [4.78, 5) is 12.0. The number of benzene rings is 1. The molecule has 0 aromatic heterocycles. The molecule has 0 aliphatic rings. The van der Waals surface area contributed by atoms with Crippen LogP contribution in [0.25, 0.3) is 0 Å². The van der Waals surface area contributed by atoms with Crippen LogP contribution in [0.4, 0.5) is 5.69 Å². The van der Waals surface area contributed by atoms with Crippen molar-refractivity contribution >= 4 is 11.6 Å². The Hall–Kier alpha value is -1.77. The standard InChI is InChI=1S/C27H46N2O/c1-3-4-5-6-7-8-9-10-11-12-13-14-15-16-17-18-22-25-27(30)28-29(2)26-23-20-19-21-24-26/h10-11,19-21,23-24H,3-9,12-18,22,25H2,1-2H3,(H,28,30)/b11-10-. The van der Waals surface area contributed by atoms with Gasteiger partial charge in [-0.1, -0.05) is 101 Å². The molecular formula is C27H46N2O. The van der Waals surface area contributed by atoms with Crippen LogP contribution in [0.2, 0.25) is 0 Å². The minimum absolute atomic E-state index is 0.106. The van der Waals surface area contributed by atoms with Gasteiger partial charge in [0, 0.05) is 13.5 Å². The number of carbonyl (C=O) groups is 1. The number of allylic oxidation sites excluding steroid dienone is 2. The highest BCUT2D eigenvalue weighted by Gasteiger charge is 2.05. The maximum Gasteiger partial charge on any atom is 0.238 e. The van der Waals surface area contributed by atoms with E-state index in [9.17, 15) is 4.79 Å². The van der Waals surface area contributed by atoms with E-state index >= 15 is 0 Å². The second-order valence-electron chi connectivity index (χ2n) is 8.47. The molecule has 1 amide bonds. The van der Waals surface area contributed by atoms with Gasteiger partial charge in [-0.3, -0.25) is 15.2 Å². The summed E-state index contributed by atoms with van der Waals surface area (Å²) in [7, 11) is 1.89. The van der Waals surface area contributed by atoms with E-state index < -0.39 is 0 Å². The summed E-state index contributed by atoms with van der Waals surface area (Å²) < 4.78 is 0. The number of para-hydroxylation sites is 1. The van der Waals surface area contributed by atoms with Crippen molar-refractivity contribution < 1.29 is 4.79 Å². The Kier molecular flexibility index (Phi) is 16.8. The first kappa shape index (κ1) is 26.3. The summed E-state index contributed by atoms with van der Waals surface area (Å²) in [6, 6.07) is 9.92. The van der Waals surface area contributed by atoms with Gasteiger partial charge < -0.3 is 0 Å². The predicted octanol–water partition coefficient (Wildman–Crippen LogP) is 7.97. The van der Waals surface area contributed by atoms with E-state index in [2.05, 4.69) is 24.5 Å². The highest BCUT2D eigenvalue weighted by atomic mass is 16.2. The fourth-order valence-corrected chi connectivity index (χ4v) is 3.67. The first-order chi connectivity index (χ1) is 14.7. The number of anilines is 1. The largest absolute Gasteiger partial charge is 0.289 e. The van der Waals surface area contributed by atoms with Crippen LogP contribution in [0.5, 0.6) is 0 Å². The Bertz CT molecular complexity index is 541. The first-order valence-electron chi connectivity index (χ1n) is 12.5. The van der Waals surface area contributed by atoms with Crippen LogP contribution in [-0.4, -0.2) is 13.0 Å². The number of hydrogen-bond acceptors (Lipinski definition) is 2. The Morgan fingerprint density at radius 2 is 1.27 bits per heavy atom. The Balaban J connectivity index is 1.84. The van der Waals surface area contributed by atoms with Crippen LogP contribution in [0.1, 0.15) is 110 Å². The lowest BCUT2D eigenvalue weighted by molar-refractivity contribution is -0.121. The van der Waals surface area contributed by atoms with E-state index in [4.69, 9.17) is 0 Å². The van der Waals surface area contributed by atoms with Crippen LogP contribution in [0.15, 0.2) is 42.5 Å². The third kappa shape index (κ3) is 15.1. The molecule has 3 heteroatoms. The molecule has 0 heterocycles. The topological polar surface area (TPSA) is 32.3 Å². The molecule has 0 saturated heterocycles. The molecule has 0 unspecified atom stereocenters. The van der Waals surface area contributed by atoms with Crippen molar-refractivity contribution in [3.8, 4) is 0 Å². The molecule has 1 aromatic rings. The monoisotopic (exact) mass is 414 g/mol. The SMILES string of the molecule is CCCCCCCC/C=C\CCCCCCCCCC(=O)NN(C)c1ccccc1. The smallest absolute Gasteiger partial charge is 0.238 e. The molecule has 1 aromatic carbocycles. The van der Waals surface area contributed by atoms with E-state index in [1.807, 2.05) is 37.4 Å². The molecule has 170 valence electrons. The molecule has 1 rings (SSSR count).